The second kappa shape index (κ2) is 8.99. The number of pyridine rings is 1. The van der Waals surface area contributed by atoms with Crippen molar-refractivity contribution in [3.8, 4) is 22.8 Å². The minimum Gasteiger partial charge on any atom is -0.493 e. The fourth-order valence-corrected chi connectivity index (χ4v) is 3.60. The monoisotopic (exact) mass is 445 g/mol. The third-order valence-corrected chi connectivity index (χ3v) is 5.07. The number of anilines is 1. The predicted molar refractivity (Wildman–Crippen MR) is 124 cm³/mol. The SMILES string of the molecule is COc1ccc(NC(=O)c2cc(-c3ccccc3)nc3c2c(C)nn3C)cc1OCC(N)=O. The van der Waals surface area contributed by atoms with E-state index in [4.69, 9.17) is 20.2 Å². The van der Waals surface area contributed by atoms with Gasteiger partial charge < -0.3 is 20.5 Å². The number of aromatic nitrogens is 3. The molecule has 0 aliphatic heterocycles. The van der Waals surface area contributed by atoms with Gasteiger partial charge in [-0.3, -0.25) is 14.3 Å². The van der Waals surface area contributed by atoms with Gasteiger partial charge in [0, 0.05) is 24.4 Å². The van der Waals surface area contributed by atoms with Crippen LogP contribution in [0.25, 0.3) is 22.3 Å². The van der Waals surface area contributed by atoms with Gasteiger partial charge in [0.2, 0.25) is 0 Å². The van der Waals surface area contributed by atoms with Crippen molar-refractivity contribution >= 4 is 28.5 Å². The van der Waals surface area contributed by atoms with Gasteiger partial charge in [0.05, 0.1) is 29.4 Å². The molecule has 0 fully saturated rings. The van der Waals surface area contributed by atoms with Crippen LogP contribution in [0.4, 0.5) is 5.69 Å². The van der Waals surface area contributed by atoms with E-state index in [9.17, 15) is 9.59 Å². The number of benzene rings is 2. The van der Waals surface area contributed by atoms with Crippen molar-refractivity contribution in [1.82, 2.24) is 14.8 Å². The summed E-state index contributed by atoms with van der Waals surface area (Å²) in [4.78, 5) is 29.2. The van der Waals surface area contributed by atoms with E-state index in [0.717, 1.165) is 5.56 Å². The third kappa shape index (κ3) is 4.47. The lowest BCUT2D eigenvalue weighted by atomic mass is 10.0. The van der Waals surface area contributed by atoms with Gasteiger partial charge in [-0.25, -0.2) is 4.98 Å². The van der Waals surface area contributed by atoms with E-state index in [-0.39, 0.29) is 18.3 Å². The summed E-state index contributed by atoms with van der Waals surface area (Å²) in [5.74, 6) is -0.251. The number of primary amides is 1. The highest BCUT2D eigenvalue weighted by atomic mass is 16.5. The highest BCUT2D eigenvalue weighted by Gasteiger charge is 2.20. The average Bonchev–Trinajstić information content (AvgIpc) is 3.11. The minimum atomic E-state index is -0.619. The molecule has 0 saturated heterocycles. The molecular weight excluding hydrogens is 422 g/mol. The van der Waals surface area contributed by atoms with E-state index in [0.29, 0.717) is 39.4 Å². The van der Waals surface area contributed by atoms with Gasteiger partial charge >= 0.3 is 0 Å². The maximum absolute atomic E-state index is 13.4. The Morgan fingerprint density at radius 3 is 2.55 bits per heavy atom. The van der Waals surface area contributed by atoms with Crippen molar-refractivity contribution < 1.29 is 19.1 Å². The lowest BCUT2D eigenvalue weighted by molar-refractivity contribution is -0.119. The number of rotatable bonds is 7. The molecule has 2 aromatic carbocycles. The van der Waals surface area contributed by atoms with E-state index in [2.05, 4.69) is 10.4 Å². The molecule has 0 atom stereocenters. The molecule has 3 N–H and O–H groups in total. The molecule has 0 saturated carbocycles. The van der Waals surface area contributed by atoms with Crippen LogP contribution >= 0.6 is 0 Å². The van der Waals surface area contributed by atoms with Gasteiger partial charge in [-0.15, -0.1) is 0 Å². The van der Waals surface area contributed by atoms with Crippen LogP contribution in [0.2, 0.25) is 0 Å². The summed E-state index contributed by atoms with van der Waals surface area (Å²) in [5, 5.41) is 8.01. The Balaban J connectivity index is 1.74. The van der Waals surface area contributed by atoms with Crippen LogP contribution in [0, 0.1) is 6.92 Å². The van der Waals surface area contributed by atoms with Crippen molar-refractivity contribution in [2.24, 2.45) is 12.8 Å². The number of aryl methyl sites for hydroxylation is 2. The Kier molecular flexibility index (Phi) is 5.95. The molecule has 0 bridgehead atoms. The summed E-state index contributed by atoms with van der Waals surface area (Å²) < 4.78 is 12.3. The summed E-state index contributed by atoms with van der Waals surface area (Å²) in [7, 11) is 3.28. The number of carbonyl (C=O) groups excluding carboxylic acids is 2. The number of carbonyl (C=O) groups is 2. The van der Waals surface area contributed by atoms with Crippen molar-refractivity contribution in [2.45, 2.75) is 6.92 Å². The van der Waals surface area contributed by atoms with Crippen LogP contribution in [-0.2, 0) is 11.8 Å². The Bertz CT molecular complexity index is 1350. The summed E-state index contributed by atoms with van der Waals surface area (Å²) >= 11 is 0. The zero-order valence-electron chi connectivity index (χ0n) is 18.5. The Morgan fingerprint density at radius 1 is 1.09 bits per heavy atom. The summed E-state index contributed by atoms with van der Waals surface area (Å²) in [6, 6.07) is 16.3. The van der Waals surface area contributed by atoms with E-state index < -0.39 is 5.91 Å². The molecule has 9 heteroatoms. The molecule has 0 aliphatic carbocycles. The third-order valence-electron chi connectivity index (χ3n) is 5.07. The lowest BCUT2D eigenvalue weighted by Gasteiger charge is -2.13. The van der Waals surface area contributed by atoms with Crippen LogP contribution in [0.5, 0.6) is 11.5 Å². The van der Waals surface area contributed by atoms with Gasteiger partial charge in [-0.05, 0) is 25.1 Å². The zero-order chi connectivity index (χ0) is 23.5. The first-order valence-electron chi connectivity index (χ1n) is 10.2. The van der Waals surface area contributed by atoms with E-state index in [1.54, 1.807) is 36.0 Å². The molecule has 2 aromatic heterocycles. The van der Waals surface area contributed by atoms with Crippen LogP contribution in [0.15, 0.2) is 54.6 Å². The number of hydrogen-bond acceptors (Lipinski definition) is 6. The molecule has 4 rings (SSSR count). The fraction of sp³-hybridized carbons (Fsp3) is 0.167. The maximum atomic E-state index is 13.4. The molecule has 0 radical (unpaired) electrons. The summed E-state index contributed by atoms with van der Waals surface area (Å²) in [6.45, 7) is 1.53. The number of methoxy groups -OCH3 is 1. The predicted octanol–water partition coefficient (Wildman–Crippen LogP) is 3.07. The number of hydrogen-bond donors (Lipinski definition) is 2. The number of amides is 2. The first kappa shape index (κ1) is 21.8. The number of nitrogens with zero attached hydrogens (tertiary/aromatic N) is 3. The molecule has 2 amide bonds. The Morgan fingerprint density at radius 2 is 1.85 bits per heavy atom. The highest BCUT2D eigenvalue weighted by Crippen LogP contribution is 2.31. The van der Waals surface area contributed by atoms with E-state index in [1.807, 2.05) is 37.3 Å². The van der Waals surface area contributed by atoms with Crippen molar-refractivity contribution in [2.75, 3.05) is 19.0 Å². The zero-order valence-corrected chi connectivity index (χ0v) is 18.5. The van der Waals surface area contributed by atoms with Crippen molar-refractivity contribution in [1.29, 1.82) is 0 Å². The first-order chi connectivity index (χ1) is 15.9. The quantitative estimate of drug-likeness (QED) is 0.451. The van der Waals surface area contributed by atoms with E-state index >= 15 is 0 Å². The standard InChI is InChI=1S/C24H23N5O4/c1-14-22-17(12-18(15-7-5-4-6-8-15)27-23(22)29(2)28-14)24(31)26-16-9-10-19(32-3)20(11-16)33-13-21(25)30/h4-12H,13H2,1-3H3,(H2,25,30)(H,26,31). The first-order valence-corrected chi connectivity index (χ1v) is 10.2. The smallest absolute Gasteiger partial charge is 0.256 e. The van der Waals surface area contributed by atoms with Crippen LogP contribution < -0.4 is 20.5 Å². The van der Waals surface area contributed by atoms with Gasteiger partial charge in [-0.2, -0.15) is 5.10 Å². The second-order valence-electron chi connectivity index (χ2n) is 7.40. The van der Waals surface area contributed by atoms with Crippen LogP contribution in [0.3, 0.4) is 0 Å². The molecule has 9 nitrogen and oxygen atoms in total. The molecular formula is C24H23N5O4. The Labute approximate surface area is 190 Å². The fourth-order valence-electron chi connectivity index (χ4n) is 3.60. The molecule has 168 valence electrons. The van der Waals surface area contributed by atoms with Gasteiger partial charge in [0.15, 0.2) is 23.8 Å². The highest BCUT2D eigenvalue weighted by molar-refractivity contribution is 6.13. The minimum absolute atomic E-state index is 0.288. The van der Waals surface area contributed by atoms with Crippen LogP contribution in [-0.4, -0.2) is 40.3 Å². The molecule has 0 unspecified atom stereocenters. The van der Waals surface area contributed by atoms with Gasteiger partial charge in [-0.1, -0.05) is 30.3 Å². The number of ether oxygens (including phenoxy) is 2. The maximum Gasteiger partial charge on any atom is 0.256 e. The topological polar surface area (TPSA) is 121 Å². The van der Waals surface area contributed by atoms with Crippen LogP contribution in [0.1, 0.15) is 16.1 Å². The molecule has 33 heavy (non-hydrogen) atoms. The lowest BCUT2D eigenvalue weighted by Crippen LogP contribution is -2.20. The number of nitrogens with one attached hydrogen (secondary N) is 1. The molecule has 4 aromatic rings. The normalized spacial score (nSPS) is 10.8. The van der Waals surface area contributed by atoms with Gasteiger partial charge in [0.25, 0.3) is 11.8 Å². The van der Waals surface area contributed by atoms with Crippen molar-refractivity contribution in [3.05, 3.63) is 65.9 Å². The largest absolute Gasteiger partial charge is 0.493 e. The van der Waals surface area contributed by atoms with E-state index in [1.165, 1.54) is 7.11 Å². The number of nitrogens with two attached hydrogens (primary N) is 1. The number of fused-ring (bicyclic) bond motifs is 1. The average molecular weight is 445 g/mol. The van der Waals surface area contributed by atoms with Gasteiger partial charge in [0.1, 0.15) is 0 Å². The van der Waals surface area contributed by atoms with Crippen molar-refractivity contribution in [3.63, 3.8) is 0 Å². The molecule has 0 aliphatic rings. The second-order valence-corrected chi connectivity index (χ2v) is 7.40. The molecule has 0 spiro atoms. The Hall–Kier alpha value is -4.40. The summed E-state index contributed by atoms with van der Waals surface area (Å²) in [5.41, 5.74) is 8.94. The summed E-state index contributed by atoms with van der Waals surface area (Å²) in [6.07, 6.45) is 0. The molecule has 2 heterocycles.